The molecule has 0 amide bonds. The Morgan fingerprint density at radius 3 is 3.10 bits per heavy atom. The summed E-state index contributed by atoms with van der Waals surface area (Å²) in [6.45, 7) is 2.77. The molecular formula is C11H14N8S2. The molecule has 3 rings (SSSR count). The average molecular weight is 322 g/mol. The van der Waals surface area contributed by atoms with Crippen molar-refractivity contribution in [2.75, 3.05) is 23.3 Å². The summed E-state index contributed by atoms with van der Waals surface area (Å²) in [6.07, 6.45) is 2.53. The number of nitrogens with one attached hydrogen (secondary N) is 1. The predicted molar refractivity (Wildman–Crippen MR) is 83.7 cm³/mol. The van der Waals surface area contributed by atoms with Crippen LogP contribution in [0, 0.1) is 6.92 Å². The summed E-state index contributed by atoms with van der Waals surface area (Å²) in [5, 5.41) is 20.1. The van der Waals surface area contributed by atoms with Gasteiger partial charge in [0.25, 0.3) is 0 Å². The van der Waals surface area contributed by atoms with Crippen molar-refractivity contribution in [1.29, 1.82) is 0 Å². The Bertz CT molecular complexity index is 737. The van der Waals surface area contributed by atoms with Gasteiger partial charge in [-0.1, -0.05) is 23.1 Å². The van der Waals surface area contributed by atoms with E-state index in [2.05, 4.69) is 30.7 Å². The topological polar surface area (TPSA) is 107 Å². The second kappa shape index (κ2) is 6.22. The van der Waals surface area contributed by atoms with Crippen LogP contribution in [0.25, 0.3) is 5.65 Å². The highest BCUT2D eigenvalue weighted by molar-refractivity contribution is 8.01. The molecule has 3 heterocycles. The van der Waals surface area contributed by atoms with Crippen molar-refractivity contribution in [3.8, 4) is 0 Å². The van der Waals surface area contributed by atoms with Gasteiger partial charge in [0, 0.05) is 18.4 Å². The smallest absolute Gasteiger partial charge is 0.209 e. The fourth-order valence-corrected chi connectivity index (χ4v) is 3.55. The molecule has 0 saturated carbocycles. The van der Waals surface area contributed by atoms with E-state index in [0.717, 1.165) is 28.1 Å². The highest BCUT2D eigenvalue weighted by Gasteiger charge is 2.04. The molecule has 0 saturated heterocycles. The van der Waals surface area contributed by atoms with E-state index < -0.39 is 0 Å². The third-order valence-corrected chi connectivity index (χ3v) is 4.74. The van der Waals surface area contributed by atoms with E-state index in [1.807, 2.05) is 13.0 Å². The Labute approximate surface area is 129 Å². The minimum atomic E-state index is 0.374. The molecule has 0 spiro atoms. The molecule has 8 nitrogen and oxygen atoms in total. The number of nitrogen functional groups attached to an aromatic ring is 1. The maximum absolute atomic E-state index is 5.82. The molecule has 110 valence electrons. The van der Waals surface area contributed by atoms with Crippen LogP contribution in [0.4, 0.5) is 11.8 Å². The number of nitrogens with two attached hydrogens (primary N) is 1. The Morgan fingerprint density at radius 2 is 2.29 bits per heavy atom. The largest absolute Gasteiger partial charge is 0.370 e. The average Bonchev–Trinajstić information content (AvgIpc) is 3.07. The first-order valence-corrected chi connectivity index (χ1v) is 8.15. The van der Waals surface area contributed by atoms with Gasteiger partial charge in [0.2, 0.25) is 5.95 Å². The zero-order valence-electron chi connectivity index (χ0n) is 11.4. The van der Waals surface area contributed by atoms with Gasteiger partial charge >= 0.3 is 0 Å². The van der Waals surface area contributed by atoms with Gasteiger partial charge in [0.05, 0.1) is 0 Å². The fourth-order valence-electron chi connectivity index (χ4n) is 1.73. The van der Waals surface area contributed by atoms with Crippen LogP contribution >= 0.6 is 23.1 Å². The summed E-state index contributed by atoms with van der Waals surface area (Å²) in [7, 11) is 0. The summed E-state index contributed by atoms with van der Waals surface area (Å²) in [6, 6.07) is 1.82. The third kappa shape index (κ3) is 3.39. The molecule has 0 fully saturated rings. The van der Waals surface area contributed by atoms with E-state index >= 15 is 0 Å². The molecule has 0 aliphatic rings. The lowest BCUT2D eigenvalue weighted by Gasteiger charge is -2.06. The first kappa shape index (κ1) is 14.0. The molecule has 3 aromatic heterocycles. The van der Waals surface area contributed by atoms with Gasteiger partial charge in [-0.2, -0.15) is 4.98 Å². The van der Waals surface area contributed by atoms with Crippen LogP contribution in [-0.2, 0) is 0 Å². The molecule has 0 bridgehead atoms. The number of thioether (sulfide) groups is 1. The van der Waals surface area contributed by atoms with Crippen molar-refractivity contribution in [2.45, 2.75) is 17.7 Å². The van der Waals surface area contributed by atoms with Crippen molar-refractivity contribution in [1.82, 2.24) is 29.8 Å². The van der Waals surface area contributed by atoms with Gasteiger partial charge in [-0.05, 0) is 13.3 Å². The lowest BCUT2D eigenvalue weighted by molar-refractivity contribution is 0.961. The summed E-state index contributed by atoms with van der Waals surface area (Å²) in [5.41, 5.74) is 6.51. The quantitative estimate of drug-likeness (QED) is 0.519. The third-order valence-electron chi connectivity index (χ3n) is 2.68. The molecule has 0 atom stereocenters. The molecule has 21 heavy (non-hydrogen) atoms. The van der Waals surface area contributed by atoms with Crippen LogP contribution in [0.2, 0.25) is 0 Å². The second-order valence-electron chi connectivity index (χ2n) is 4.27. The van der Waals surface area contributed by atoms with Crippen molar-refractivity contribution >= 4 is 40.5 Å². The van der Waals surface area contributed by atoms with Crippen molar-refractivity contribution < 1.29 is 0 Å². The minimum absolute atomic E-state index is 0.374. The minimum Gasteiger partial charge on any atom is -0.370 e. The van der Waals surface area contributed by atoms with Gasteiger partial charge in [0.1, 0.15) is 17.2 Å². The normalized spacial score (nSPS) is 11.1. The van der Waals surface area contributed by atoms with E-state index in [1.54, 1.807) is 33.8 Å². The van der Waals surface area contributed by atoms with Crippen molar-refractivity contribution in [2.24, 2.45) is 0 Å². The maximum Gasteiger partial charge on any atom is 0.209 e. The number of hydrogen-bond acceptors (Lipinski definition) is 9. The highest BCUT2D eigenvalue weighted by Crippen LogP contribution is 2.22. The number of aryl methyl sites for hydroxylation is 1. The predicted octanol–water partition coefficient (Wildman–Crippen LogP) is 1.46. The van der Waals surface area contributed by atoms with E-state index in [4.69, 9.17) is 5.73 Å². The molecule has 3 N–H and O–H groups in total. The number of rotatable bonds is 6. The van der Waals surface area contributed by atoms with Crippen molar-refractivity contribution in [3.05, 3.63) is 17.4 Å². The lowest BCUT2D eigenvalue weighted by atomic mass is 10.4. The lowest BCUT2D eigenvalue weighted by Crippen LogP contribution is -2.08. The summed E-state index contributed by atoms with van der Waals surface area (Å²) < 4.78 is 2.65. The molecule has 0 aliphatic carbocycles. The van der Waals surface area contributed by atoms with Crippen LogP contribution < -0.4 is 11.1 Å². The first-order chi connectivity index (χ1) is 10.2. The summed E-state index contributed by atoms with van der Waals surface area (Å²) in [5.74, 6) is 2.06. The summed E-state index contributed by atoms with van der Waals surface area (Å²) in [4.78, 5) is 4.26. The highest BCUT2D eigenvalue weighted by atomic mass is 32.2. The molecule has 0 aliphatic heterocycles. The van der Waals surface area contributed by atoms with Gasteiger partial charge in [-0.25, -0.2) is 0 Å². The van der Waals surface area contributed by atoms with Crippen molar-refractivity contribution in [3.63, 3.8) is 0 Å². The van der Waals surface area contributed by atoms with E-state index in [1.165, 1.54) is 0 Å². The van der Waals surface area contributed by atoms with Gasteiger partial charge in [-0.3, -0.25) is 4.40 Å². The Kier molecular flexibility index (Phi) is 4.15. The Hall–Kier alpha value is -1.94. The van der Waals surface area contributed by atoms with Gasteiger partial charge < -0.3 is 11.1 Å². The van der Waals surface area contributed by atoms with Crippen LogP contribution in [0.15, 0.2) is 16.7 Å². The van der Waals surface area contributed by atoms with Crippen LogP contribution in [-0.4, -0.2) is 42.1 Å². The Morgan fingerprint density at radius 1 is 1.38 bits per heavy atom. The summed E-state index contributed by atoms with van der Waals surface area (Å²) >= 11 is 3.34. The molecule has 0 aromatic carbocycles. The molecule has 3 aromatic rings. The van der Waals surface area contributed by atoms with Gasteiger partial charge in [0.15, 0.2) is 9.99 Å². The SMILES string of the molecule is Cc1nnc(SCCCNc2cc3nncn3c(N)n2)s1. The Balaban J connectivity index is 1.48. The second-order valence-corrected chi connectivity index (χ2v) is 6.80. The standard InChI is InChI=1S/C11H14N8S2/c1-7-16-18-11(21-7)20-4-2-3-13-8-5-9-17-14-6-19(9)10(12)15-8/h5-6,13H,2-4H2,1H3,(H2,12,15). The maximum atomic E-state index is 5.82. The van der Waals surface area contributed by atoms with E-state index in [0.29, 0.717) is 17.4 Å². The number of nitrogens with zero attached hydrogens (tertiary/aromatic N) is 6. The monoisotopic (exact) mass is 322 g/mol. The van der Waals surface area contributed by atoms with Crippen LogP contribution in [0.5, 0.6) is 0 Å². The number of hydrogen-bond donors (Lipinski definition) is 2. The van der Waals surface area contributed by atoms with Crippen LogP contribution in [0.3, 0.4) is 0 Å². The van der Waals surface area contributed by atoms with Gasteiger partial charge in [-0.15, -0.1) is 20.4 Å². The molecule has 0 radical (unpaired) electrons. The molecule has 10 heteroatoms. The zero-order valence-corrected chi connectivity index (χ0v) is 13.0. The molecule has 0 unspecified atom stereocenters. The van der Waals surface area contributed by atoms with E-state index in [-0.39, 0.29) is 0 Å². The first-order valence-electron chi connectivity index (χ1n) is 6.35. The number of anilines is 2. The van der Waals surface area contributed by atoms with Crippen LogP contribution in [0.1, 0.15) is 11.4 Å². The number of aromatic nitrogens is 6. The van der Waals surface area contributed by atoms with E-state index in [9.17, 15) is 0 Å². The number of fused-ring (bicyclic) bond motifs is 1. The zero-order chi connectivity index (χ0) is 14.7. The fraction of sp³-hybridized carbons (Fsp3) is 0.364. The molecular weight excluding hydrogens is 308 g/mol.